The van der Waals surface area contributed by atoms with E-state index in [1.165, 1.54) is 12.1 Å². The summed E-state index contributed by atoms with van der Waals surface area (Å²) < 4.78 is 22.6. The van der Waals surface area contributed by atoms with Gasteiger partial charge in [-0.25, -0.2) is 4.98 Å². The summed E-state index contributed by atoms with van der Waals surface area (Å²) in [7, 11) is 0. The number of anilines is 3. The molecule has 4 heterocycles. The minimum absolute atomic E-state index is 0.0521. The van der Waals surface area contributed by atoms with Crippen molar-refractivity contribution in [1.82, 2.24) is 15.2 Å². The first-order chi connectivity index (χ1) is 28.3. The summed E-state index contributed by atoms with van der Waals surface area (Å²) in [6, 6.07) is 23.9. The molecule has 0 bridgehead atoms. The van der Waals surface area contributed by atoms with E-state index >= 15 is 0 Å². The predicted molar refractivity (Wildman–Crippen MR) is 210 cm³/mol. The van der Waals surface area contributed by atoms with E-state index in [1.807, 2.05) is 30.3 Å². The second-order valence-corrected chi connectivity index (χ2v) is 13.6. The van der Waals surface area contributed by atoms with E-state index in [1.54, 1.807) is 42.6 Å². The molecule has 0 saturated carbocycles. The van der Waals surface area contributed by atoms with Crippen LogP contribution in [0.3, 0.4) is 0 Å². The van der Waals surface area contributed by atoms with Crippen molar-refractivity contribution in [1.29, 1.82) is 5.26 Å². The lowest BCUT2D eigenvalue weighted by molar-refractivity contribution is -0.136. The number of piperazine rings is 1. The number of hydrogen-bond donors (Lipinski definition) is 2. The second kappa shape index (κ2) is 18.4. The van der Waals surface area contributed by atoms with Crippen LogP contribution in [0.1, 0.15) is 49.5 Å². The molecule has 1 unspecified atom stereocenters. The van der Waals surface area contributed by atoms with E-state index in [9.17, 15) is 24.0 Å². The number of piperidine rings is 1. The number of carbonyl (C=O) groups excluding carboxylic acids is 5. The fraction of sp³-hybridized carbons (Fsp3) is 0.310. The van der Waals surface area contributed by atoms with Crippen LogP contribution < -0.4 is 29.9 Å². The zero-order valence-electron chi connectivity index (χ0n) is 31.6. The Morgan fingerprint density at radius 3 is 2.05 bits per heavy atom. The smallest absolute Gasteiger partial charge is 0.262 e. The molecule has 0 spiro atoms. The number of benzene rings is 3. The van der Waals surface area contributed by atoms with E-state index in [0.29, 0.717) is 54.7 Å². The summed E-state index contributed by atoms with van der Waals surface area (Å²) in [5.41, 5.74) is 3.14. The molecular formula is C42H41N7O9. The number of nitrogens with zero attached hydrogens (tertiary/aromatic N) is 5. The van der Waals surface area contributed by atoms with Gasteiger partial charge in [0.25, 0.3) is 17.7 Å². The van der Waals surface area contributed by atoms with Crippen LogP contribution in [0.25, 0.3) is 0 Å². The third kappa shape index (κ3) is 9.40. The van der Waals surface area contributed by atoms with Crippen molar-refractivity contribution in [2.24, 2.45) is 0 Å². The Morgan fingerprint density at radius 2 is 1.40 bits per heavy atom. The Morgan fingerprint density at radius 1 is 0.759 bits per heavy atom. The molecular weight excluding hydrogens is 747 g/mol. The van der Waals surface area contributed by atoms with Crippen molar-refractivity contribution in [2.45, 2.75) is 18.9 Å². The number of aromatic nitrogens is 1. The van der Waals surface area contributed by atoms with Crippen molar-refractivity contribution in [3.05, 3.63) is 107 Å². The monoisotopic (exact) mass is 787 g/mol. The van der Waals surface area contributed by atoms with Gasteiger partial charge in [-0.2, -0.15) is 5.26 Å². The molecule has 2 saturated heterocycles. The summed E-state index contributed by atoms with van der Waals surface area (Å²) in [4.78, 5) is 72.3. The van der Waals surface area contributed by atoms with Gasteiger partial charge in [-0.3, -0.25) is 34.2 Å². The van der Waals surface area contributed by atoms with Crippen LogP contribution in [-0.2, 0) is 19.1 Å². The van der Waals surface area contributed by atoms with Gasteiger partial charge in [0.1, 0.15) is 42.6 Å². The molecule has 4 aromatic rings. The molecule has 58 heavy (non-hydrogen) atoms. The topological polar surface area (TPSA) is 193 Å². The van der Waals surface area contributed by atoms with Gasteiger partial charge >= 0.3 is 0 Å². The predicted octanol–water partition coefficient (Wildman–Crippen LogP) is 3.42. The Balaban J connectivity index is 0.740. The maximum atomic E-state index is 13.0. The van der Waals surface area contributed by atoms with Crippen LogP contribution in [0.15, 0.2) is 85.1 Å². The molecule has 2 fully saturated rings. The van der Waals surface area contributed by atoms with Crippen LogP contribution in [0, 0.1) is 11.3 Å². The molecule has 0 aliphatic carbocycles. The highest BCUT2D eigenvalue weighted by Crippen LogP contribution is 2.30. The summed E-state index contributed by atoms with van der Waals surface area (Å²) >= 11 is 0. The first kappa shape index (κ1) is 39.4. The highest BCUT2D eigenvalue weighted by molar-refractivity contribution is 6.23. The van der Waals surface area contributed by atoms with Crippen LogP contribution in [-0.4, -0.2) is 111 Å². The van der Waals surface area contributed by atoms with Gasteiger partial charge in [-0.15, -0.1) is 0 Å². The highest BCUT2D eigenvalue weighted by Gasteiger charge is 2.44. The van der Waals surface area contributed by atoms with Crippen molar-refractivity contribution in [2.75, 3.05) is 80.9 Å². The third-order valence-corrected chi connectivity index (χ3v) is 9.86. The molecule has 16 heteroatoms. The summed E-state index contributed by atoms with van der Waals surface area (Å²) in [6.45, 7) is 5.04. The molecule has 3 aromatic carbocycles. The number of hydrogen-bond acceptors (Lipinski definition) is 13. The summed E-state index contributed by atoms with van der Waals surface area (Å²) in [5.74, 6) is -0.639. The lowest BCUT2D eigenvalue weighted by Gasteiger charge is -2.36. The van der Waals surface area contributed by atoms with Crippen molar-refractivity contribution in [3.63, 3.8) is 0 Å². The number of fused-ring (bicyclic) bond motifs is 1. The van der Waals surface area contributed by atoms with Crippen molar-refractivity contribution < 1.29 is 42.9 Å². The van der Waals surface area contributed by atoms with E-state index in [0.717, 1.165) is 42.6 Å². The van der Waals surface area contributed by atoms with E-state index in [2.05, 4.69) is 31.5 Å². The van der Waals surface area contributed by atoms with Crippen molar-refractivity contribution in [3.8, 4) is 17.6 Å². The van der Waals surface area contributed by atoms with Crippen molar-refractivity contribution >= 4 is 46.7 Å². The minimum Gasteiger partial charge on any atom is -0.491 e. The maximum Gasteiger partial charge on any atom is 0.262 e. The van der Waals surface area contributed by atoms with Crippen LogP contribution in [0.4, 0.5) is 17.2 Å². The molecule has 7 rings (SSSR count). The number of nitriles is 1. The largest absolute Gasteiger partial charge is 0.491 e. The number of pyridine rings is 1. The molecule has 3 aliphatic rings. The fourth-order valence-corrected chi connectivity index (χ4v) is 6.79. The Bertz CT molecular complexity index is 2180. The number of nitrogens with one attached hydrogen (secondary N) is 2. The summed E-state index contributed by atoms with van der Waals surface area (Å²) in [6.07, 6.45) is 1.74. The average molecular weight is 788 g/mol. The Kier molecular flexibility index (Phi) is 12.5. The third-order valence-electron chi connectivity index (χ3n) is 9.86. The molecule has 298 valence electrons. The van der Waals surface area contributed by atoms with E-state index in [4.69, 9.17) is 24.2 Å². The standard InChI is InChI=1S/C42H41N7O9/c43-26-28-1-13-37(44-27-28)48-17-15-47(16-18-48)31-6-4-30(5-7-31)45-39(51)29-2-8-32(9-3-29)57-23-21-55-19-20-56-22-24-58-33-10-11-34-35(25-33)42(54)49(41(34)53)36-12-14-38(50)46-40(36)52/h1-11,13,25,27,36H,12,14-24H2,(H,45,51)(H,46,50,52). The normalized spacial score (nSPS) is 16.5. The Hall–Kier alpha value is -6.83. The summed E-state index contributed by atoms with van der Waals surface area (Å²) in [5, 5.41) is 14.1. The zero-order chi connectivity index (χ0) is 40.4. The van der Waals surface area contributed by atoms with Gasteiger partial charge in [0.2, 0.25) is 11.8 Å². The number of carbonyl (C=O) groups is 5. The number of imide groups is 2. The van der Waals surface area contributed by atoms with Crippen LogP contribution in [0.2, 0.25) is 0 Å². The first-order valence-electron chi connectivity index (χ1n) is 18.9. The van der Waals surface area contributed by atoms with Gasteiger partial charge in [0.05, 0.1) is 43.1 Å². The minimum atomic E-state index is -1.03. The number of amides is 5. The Labute approximate surface area is 334 Å². The van der Waals surface area contributed by atoms with Crippen LogP contribution in [0.5, 0.6) is 11.5 Å². The molecule has 1 aromatic heterocycles. The molecule has 5 amide bonds. The highest BCUT2D eigenvalue weighted by atomic mass is 16.6. The molecule has 16 nitrogen and oxygen atoms in total. The zero-order valence-corrected chi connectivity index (χ0v) is 31.6. The second-order valence-electron chi connectivity index (χ2n) is 13.6. The molecule has 0 radical (unpaired) electrons. The lowest BCUT2D eigenvalue weighted by atomic mass is 10.0. The van der Waals surface area contributed by atoms with Crippen LogP contribution >= 0.6 is 0 Å². The van der Waals surface area contributed by atoms with Gasteiger partial charge in [0.15, 0.2) is 0 Å². The quantitative estimate of drug-likeness (QED) is 0.124. The molecule has 1 atom stereocenters. The molecule has 3 aliphatic heterocycles. The SMILES string of the molecule is N#Cc1ccc(N2CCN(c3ccc(NC(=O)c4ccc(OCCOCCOCCOc5ccc6c(c5)C(=O)N(C5CCC(=O)NC5=O)C6=O)cc4)cc3)CC2)nc1. The lowest BCUT2D eigenvalue weighted by Crippen LogP contribution is -2.54. The van der Waals surface area contributed by atoms with Gasteiger partial charge in [0, 0.05) is 55.7 Å². The fourth-order valence-electron chi connectivity index (χ4n) is 6.79. The molecule has 2 N–H and O–H groups in total. The maximum absolute atomic E-state index is 13.0. The first-order valence-corrected chi connectivity index (χ1v) is 18.9. The van der Waals surface area contributed by atoms with Gasteiger partial charge in [-0.05, 0) is 85.3 Å². The van der Waals surface area contributed by atoms with Gasteiger partial charge in [-0.1, -0.05) is 0 Å². The van der Waals surface area contributed by atoms with E-state index in [-0.39, 0.29) is 43.1 Å². The van der Waals surface area contributed by atoms with Gasteiger partial charge < -0.3 is 34.1 Å². The number of ether oxygens (including phenoxy) is 4. The van der Waals surface area contributed by atoms with E-state index < -0.39 is 29.7 Å². The average Bonchev–Trinajstić information content (AvgIpc) is 3.49. The number of rotatable bonds is 16.